The molecule has 0 spiro atoms. The number of nitriles is 2. The van der Waals surface area contributed by atoms with Crippen LogP contribution in [0.25, 0.3) is 0 Å². The van der Waals surface area contributed by atoms with Crippen LogP contribution >= 0.6 is 0 Å². The van der Waals surface area contributed by atoms with Gasteiger partial charge in [0.15, 0.2) is 0 Å². The minimum atomic E-state index is 0.514. The van der Waals surface area contributed by atoms with Gasteiger partial charge in [-0.2, -0.15) is 20.5 Å². The lowest BCUT2D eigenvalue weighted by Crippen LogP contribution is -2.47. The number of hydrogen-bond donors (Lipinski definition) is 2. The third kappa shape index (κ3) is 10.1. The topological polar surface area (TPSA) is 180 Å². The molecule has 4 aliphatic rings. The molecule has 0 aliphatic carbocycles. The molecule has 9 rings (SSSR count). The van der Waals surface area contributed by atoms with Crippen LogP contribution in [-0.2, 0) is 14.2 Å². The van der Waals surface area contributed by atoms with Crippen LogP contribution in [0.2, 0.25) is 0 Å². The van der Waals surface area contributed by atoms with E-state index in [1.807, 2.05) is 72.9 Å². The van der Waals surface area contributed by atoms with Crippen molar-refractivity contribution in [3.05, 3.63) is 96.4 Å². The molecular weight excluding hydrogens is 761 g/mol. The van der Waals surface area contributed by atoms with Crippen molar-refractivity contribution in [2.24, 2.45) is 0 Å². The third-order valence-electron chi connectivity index (χ3n) is 10.6. The fourth-order valence-electron chi connectivity index (χ4n) is 7.49. The molecule has 4 saturated heterocycles. The predicted molar refractivity (Wildman–Crippen MR) is 231 cm³/mol. The summed E-state index contributed by atoms with van der Waals surface area (Å²) in [6.45, 7) is 12.5. The number of piperazine rings is 1. The fraction of sp³-hybridized carbons (Fsp3) is 0.372. The molecule has 0 atom stereocenters. The predicted octanol–water partition coefficient (Wildman–Crippen LogP) is 4.42. The van der Waals surface area contributed by atoms with Gasteiger partial charge in [0.1, 0.15) is 29.6 Å². The van der Waals surface area contributed by atoms with E-state index in [-0.39, 0.29) is 0 Å². The van der Waals surface area contributed by atoms with Crippen LogP contribution in [0, 0.1) is 22.7 Å². The van der Waals surface area contributed by atoms with E-state index in [1.165, 1.54) is 0 Å². The highest BCUT2D eigenvalue weighted by Gasteiger charge is 2.21. The van der Waals surface area contributed by atoms with E-state index < -0.39 is 0 Å². The third-order valence-corrected chi connectivity index (χ3v) is 10.6. The van der Waals surface area contributed by atoms with Crippen LogP contribution in [0.4, 0.5) is 52.1 Å². The smallest absolute Gasteiger partial charge is 0.229 e. The largest absolute Gasteiger partial charge is 0.378 e. The molecule has 17 nitrogen and oxygen atoms in total. The van der Waals surface area contributed by atoms with Gasteiger partial charge in [0.05, 0.1) is 62.1 Å². The number of hydrogen-bond acceptors (Lipinski definition) is 17. The van der Waals surface area contributed by atoms with Crippen molar-refractivity contribution >= 4 is 52.1 Å². The van der Waals surface area contributed by atoms with Crippen LogP contribution in [-0.4, -0.2) is 130 Å². The van der Waals surface area contributed by atoms with Crippen LogP contribution in [0.5, 0.6) is 0 Å². The first kappa shape index (κ1) is 40.0. The van der Waals surface area contributed by atoms with E-state index >= 15 is 0 Å². The van der Waals surface area contributed by atoms with Gasteiger partial charge in [-0.25, -0.2) is 15.0 Å². The Bertz CT molecular complexity index is 2260. The first-order chi connectivity index (χ1) is 29.6. The zero-order chi connectivity index (χ0) is 40.9. The lowest BCUT2D eigenvalue weighted by atomic mass is 10.1. The van der Waals surface area contributed by atoms with E-state index in [0.717, 1.165) is 106 Å². The Labute approximate surface area is 349 Å². The van der Waals surface area contributed by atoms with Crippen LogP contribution in [0.1, 0.15) is 11.1 Å². The normalized spacial score (nSPS) is 16.9. The monoisotopic (exact) mass is 808 g/mol. The Morgan fingerprint density at radius 2 is 0.883 bits per heavy atom. The van der Waals surface area contributed by atoms with Crippen molar-refractivity contribution in [2.75, 3.05) is 140 Å². The summed E-state index contributed by atoms with van der Waals surface area (Å²) in [7, 11) is 0. The fourth-order valence-corrected chi connectivity index (χ4v) is 7.49. The van der Waals surface area contributed by atoms with E-state index in [4.69, 9.17) is 14.2 Å². The summed E-state index contributed by atoms with van der Waals surface area (Å²) in [5, 5.41) is 25.8. The summed E-state index contributed by atoms with van der Waals surface area (Å²) >= 11 is 0. The Balaban J connectivity index is 0.000000170. The maximum Gasteiger partial charge on any atom is 0.229 e. The highest BCUT2D eigenvalue weighted by Crippen LogP contribution is 2.29. The number of morpholine rings is 3. The molecule has 17 heteroatoms. The number of aromatic nitrogens is 5. The zero-order valence-corrected chi connectivity index (χ0v) is 33.5. The molecule has 7 heterocycles. The molecule has 0 unspecified atom stereocenters. The second-order valence-corrected chi connectivity index (χ2v) is 14.4. The maximum absolute atomic E-state index is 9.81. The van der Waals surface area contributed by atoms with Crippen LogP contribution in [0.15, 0.2) is 85.3 Å². The molecule has 0 bridgehead atoms. The number of benzene rings is 2. The minimum Gasteiger partial charge on any atom is -0.378 e. The molecule has 60 heavy (non-hydrogen) atoms. The minimum absolute atomic E-state index is 0.514. The Kier molecular flexibility index (Phi) is 13.2. The van der Waals surface area contributed by atoms with Gasteiger partial charge in [-0.3, -0.25) is 0 Å². The molecule has 0 radical (unpaired) electrons. The average molecular weight is 809 g/mol. The highest BCUT2D eigenvalue weighted by molar-refractivity contribution is 5.69. The lowest BCUT2D eigenvalue weighted by molar-refractivity contribution is 0.122. The molecule has 2 aromatic carbocycles. The Morgan fingerprint density at radius 1 is 0.450 bits per heavy atom. The molecule has 4 aliphatic heterocycles. The number of anilines is 9. The van der Waals surface area contributed by atoms with Gasteiger partial charge < -0.3 is 49.3 Å². The van der Waals surface area contributed by atoms with Crippen molar-refractivity contribution in [3.8, 4) is 12.1 Å². The highest BCUT2D eigenvalue weighted by atomic mass is 16.5. The van der Waals surface area contributed by atoms with Gasteiger partial charge in [-0.15, -0.1) is 0 Å². The SMILES string of the molecule is N#Cc1cc(Nc2nccc(N3CCOCC3)n2)ccc1N1CCN(c2ccccn2)CC1.N#Cc1cc(Nc2nccc(N3CCOCC3)n2)ccc1N1CCOCC1. The average Bonchev–Trinajstić information content (AvgIpc) is 3.33. The number of nitrogens with zero attached hydrogens (tertiary/aromatic N) is 12. The summed E-state index contributed by atoms with van der Waals surface area (Å²) in [5.74, 6) is 3.78. The summed E-state index contributed by atoms with van der Waals surface area (Å²) in [5.41, 5.74) is 4.74. The van der Waals surface area contributed by atoms with Gasteiger partial charge in [0.25, 0.3) is 0 Å². The quantitative estimate of drug-likeness (QED) is 0.214. The van der Waals surface area contributed by atoms with Crippen LogP contribution in [0.3, 0.4) is 0 Å². The maximum atomic E-state index is 9.81. The van der Waals surface area contributed by atoms with E-state index in [0.29, 0.717) is 62.7 Å². The van der Waals surface area contributed by atoms with Crippen molar-refractivity contribution < 1.29 is 14.2 Å². The summed E-state index contributed by atoms with van der Waals surface area (Å²) in [6, 6.07) is 26.0. The summed E-state index contributed by atoms with van der Waals surface area (Å²) < 4.78 is 16.2. The van der Waals surface area contributed by atoms with E-state index in [1.54, 1.807) is 12.4 Å². The van der Waals surface area contributed by atoms with Gasteiger partial charge in [0, 0.05) is 95.4 Å². The van der Waals surface area contributed by atoms with Gasteiger partial charge >= 0.3 is 0 Å². The number of rotatable bonds is 9. The second-order valence-electron chi connectivity index (χ2n) is 14.4. The van der Waals surface area contributed by atoms with Crippen molar-refractivity contribution in [2.45, 2.75) is 0 Å². The molecule has 3 aromatic heterocycles. The zero-order valence-electron chi connectivity index (χ0n) is 33.5. The second kappa shape index (κ2) is 19.8. The first-order valence-electron chi connectivity index (χ1n) is 20.3. The van der Waals surface area contributed by atoms with Crippen LogP contribution < -0.4 is 35.1 Å². The molecule has 2 N–H and O–H groups in total. The first-order valence-corrected chi connectivity index (χ1v) is 20.3. The Morgan fingerprint density at radius 3 is 1.33 bits per heavy atom. The van der Waals surface area contributed by atoms with Crippen molar-refractivity contribution in [3.63, 3.8) is 0 Å². The van der Waals surface area contributed by atoms with Gasteiger partial charge in [-0.05, 0) is 60.7 Å². The van der Waals surface area contributed by atoms with E-state index in [9.17, 15) is 10.5 Å². The molecule has 4 fully saturated rings. The molecule has 0 amide bonds. The standard InChI is InChI=1S/C24H26N8O.C19H22N6O2/c25-18-19-17-20(28-24-27-8-6-23(29-24)32-13-15-33-16-14-32)4-5-21(19)30-9-11-31(12-10-30)22-3-1-2-7-26-22;20-14-15-13-16(1-2-17(15)24-5-9-26-10-6-24)22-19-21-4-3-18(23-19)25-7-11-27-12-8-25/h1-8,17H,9-16H2,(H,27,28,29);1-4,13H,5-12H2,(H,21,22,23). The van der Waals surface area contributed by atoms with Gasteiger partial charge in [-0.1, -0.05) is 6.07 Å². The number of nitrogens with one attached hydrogen (secondary N) is 2. The molecule has 0 saturated carbocycles. The van der Waals surface area contributed by atoms with Crippen molar-refractivity contribution in [1.29, 1.82) is 10.5 Å². The Hall–Kier alpha value is -6.79. The molecule has 5 aromatic rings. The molecular formula is C43H48N14O3. The molecule has 308 valence electrons. The summed E-state index contributed by atoms with van der Waals surface area (Å²) in [4.78, 5) is 33.4. The summed E-state index contributed by atoms with van der Waals surface area (Å²) in [6.07, 6.45) is 5.32. The van der Waals surface area contributed by atoms with E-state index in [2.05, 4.69) is 72.2 Å². The van der Waals surface area contributed by atoms with Crippen molar-refractivity contribution in [1.82, 2.24) is 24.9 Å². The van der Waals surface area contributed by atoms with Gasteiger partial charge in [0.2, 0.25) is 11.9 Å². The number of ether oxygens (including phenoxy) is 3. The number of pyridine rings is 1. The lowest BCUT2D eigenvalue weighted by Gasteiger charge is -2.37.